The van der Waals surface area contributed by atoms with E-state index in [2.05, 4.69) is 21.0 Å². The van der Waals surface area contributed by atoms with Crippen molar-refractivity contribution in [1.29, 1.82) is 5.41 Å². The number of nitrogens with one attached hydrogen (secondary N) is 1. The fourth-order valence-corrected chi connectivity index (χ4v) is 2.00. The number of halogens is 1. The Hall–Kier alpha value is -1.62. The fraction of sp³-hybridized carbons (Fsp3) is 0.0909. The van der Waals surface area contributed by atoms with Gasteiger partial charge in [-0.2, -0.15) is 5.10 Å². The molecule has 0 saturated carbocycles. The van der Waals surface area contributed by atoms with Gasteiger partial charge < -0.3 is 5.73 Å². The molecule has 0 aliphatic rings. The van der Waals surface area contributed by atoms with Gasteiger partial charge in [-0.25, -0.2) is 4.68 Å². The summed E-state index contributed by atoms with van der Waals surface area (Å²) < 4.78 is 2.58. The lowest BCUT2D eigenvalue weighted by Crippen LogP contribution is -2.12. The monoisotopic (exact) mass is 278 g/mol. The minimum Gasteiger partial charge on any atom is -0.384 e. The van der Waals surface area contributed by atoms with Gasteiger partial charge in [-0.3, -0.25) is 5.41 Å². The highest BCUT2D eigenvalue weighted by molar-refractivity contribution is 9.10. The fourth-order valence-electron chi connectivity index (χ4n) is 1.42. The van der Waals surface area contributed by atoms with Gasteiger partial charge >= 0.3 is 0 Å². The lowest BCUT2D eigenvalue weighted by atomic mass is 10.2. The van der Waals surface area contributed by atoms with Crippen molar-refractivity contribution >= 4 is 21.8 Å². The van der Waals surface area contributed by atoms with Crippen molar-refractivity contribution in [3.8, 4) is 5.69 Å². The number of aromatic nitrogens is 2. The SMILES string of the molecule is Cc1ccn(-c2ccc(C(=N)N)c(Br)c2)n1. The Labute approximate surface area is 102 Å². The minimum atomic E-state index is 0.0510. The first-order chi connectivity index (χ1) is 7.58. The van der Waals surface area contributed by atoms with E-state index in [1.807, 2.05) is 31.3 Å². The van der Waals surface area contributed by atoms with E-state index < -0.39 is 0 Å². The number of nitrogens with zero attached hydrogens (tertiary/aromatic N) is 2. The van der Waals surface area contributed by atoms with E-state index in [4.69, 9.17) is 11.1 Å². The van der Waals surface area contributed by atoms with Crippen LogP contribution in [-0.2, 0) is 0 Å². The number of nitrogen functional groups attached to an aromatic ring is 1. The number of hydrogen-bond donors (Lipinski definition) is 2. The molecule has 0 spiro atoms. The van der Waals surface area contributed by atoms with Crippen LogP contribution in [0.4, 0.5) is 0 Å². The van der Waals surface area contributed by atoms with Crippen LogP contribution in [0, 0.1) is 12.3 Å². The Kier molecular flexibility index (Phi) is 2.78. The van der Waals surface area contributed by atoms with E-state index in [-0.39, 0.29) is 5.84 Å². The third kappa shape index (κ3) is 1.99. The van der Waals surface area contributed by atoms with E-state index in [1.165, 1.54) is 0 Å². The average molecular weight is 279 g/mol. The van der Waals surface area contributed by atoms with Gasteiger partial charge in [0.05, 0.1) is 11.4 Å². The molecule has 0 aliphatic carbocycles. The number of benzene rings is 1. The molecule has 1 heterocycles. The molecule has 0 bridgehead atoms. The molecular weight excluding hydrogens is 268 g/mol. The highest BCUT2D eigenvalue weighted by Crippen LogP contribution is 2.20. The van der Waals surface area contributed by atoms with Crippen LogP contribution < -0.4 is 5.73 Å². The number of hydrogen-bond acceptors (Lipinski definition) is 2. The van der Waals surface area contributed by atoms with Crippen LogP contribution in [0.3, 0.4) is 0 Å². The first kappa shape index (κ1) is 10.9. The van der Waals surface area contributed by atoms with Crippen molar-refractivity contribution in [3.63, 3.8) is 0 Å². The minimum absolute atomic E-state index is 0.0510. The summed E-state index contributed by atoms with van der Waals surface area (Å²) in [5.74, 6) is 0.0510. The Bertz CT molecular complexity index is 545. The molecule has 0 saturated heterocycles. The van der Waals surface area contributed by atoms with Gasteiger partial charge in [-0.1, -0.05) is 0 Å². The molecule has 0 fully saturated rings. The Morgan fingerprint density at radius 1 is 1.44 bits per heavy atom. The topological polar surface area (TPSA) is 67.7 Å². The second-order valence-corrected chi connectivity index (χ2v) is 4.33. The van der Waals surface area contributed by atoms with E-state index in [0.29, 0.717) is 5.56 Å². The molecule has 1 aromatic heterocycles. The summed E-state index contributed by atoms with van der Waals surface area (Å²) in [6, 6.07) is 7.52. The number of rotatable bonds is 2. The number of amidine groups is 1. The molecule has 5 heteroatoms. The van der Waals surface area contributed by atoms with Gasteiger partial charge in [-0.15, -0.1) is 0 Å². The van der Waals surface area contributed by atoms with Gasteiger partial charge in [0, 0.05) is 16.2 Å². The maximum atomic E-state index is 7.38. The molecule has 2 rings (SSSR count). The lowest BCUT2D eigenvalue weighted by Gasteiger charge is -2.06. The molecule has 0 amide bonds. The number of aryl methyl sites for hydroxylation is 1. The van der Waals surface area contributed by atoms with Crippen LogP contribution >= 0.6 is 15.9 Å². The second-order valence-electron chi connectivity index (χ2n) is 3.48. The largest absolute Gasteiger partial charge is 0.384 e. The van der Waals surface area contributed by atoms with Crippen molar-refractivity contribution in [1.82, 2.24) is 9.78 Å². The lowest BCUT2D eigenvalue weighted by molar-refractivity contribution is 0.862. The maximum absolute atomic E-state index is 7.38. The first-order valence-electron chi connectivity index (χ1n) is 4.74. The molecule has 1 aromatic carbocycles. The maximum Gasteiger partial charge on any atom is 0.123 e. The van der Waals surface area contributed by atoms with E-state index in [9.17, 15) is 0 Å². The molecule has 16 heavy (non-hydrogen) atoms. The van der Waals surface area contributed by atoms with E-state index >= 15 is 0 Å². The van der Waals surface area contributed by atoms with E-state index in [1.54, 1.807) is 10.7 Å². The molecule has 4 nitrogen and oxygen atoms in total. The summed E-state index contributed by atoms with van der Waals surface area (Å²) >= 11 is 3.39. The zero-order valence-electron chi connectivity index (χ0n) is 8.74. The third-order valence-electron chi connectivity index (χ3n) is 2.23. The second kappa shape index (κ2) is 4.09. The standard InChI is InChI=1S/C11H11BrN4/c1-7-4-5-16(15-7)8-2-3-9(11(13)14)10(12)6-8/h2-6H,1H3,(H3,13,14). The van der Waals surface area contributed by atoms with E-state index in [0.717, 1.165) is 15.9 Å². The third-order valence-corrected chi connectivity index (χ3v) is 2.89. The summed E-state index contributed by atoms with van der Waals surface area (Å²) in [7, 11) is 0. The summed E-state index contributed by atoms with van der Waals surface area (Å²) in [5, 5.41) is 11.7. The van der Waals surface area contributed by atoms with Crippen molar-refractivity contribution in [2.24, 2.45) is 5.73 Å². The summed E-state index contributed by atoms with van der Waals surface area (Å²) in [6.07, 6.45) is 1.89. The van der Waals surface area contributed by atoms with Gasteiger partial charge in [0.1, 0.15) is 5.84 Å². The van der Waals surface area contributed by atoms with Gasteiger partial charge in [-0.05, 0) is 47.1 Å². The van der Waals surface area contributed by atoms with Crippen LogP contribution in [0.15, 0.2) is 34.9 Å². The molecule has 0 aliphatic heterocycles. The highest BCUT2D eigenvalue weighted by Gasteiger charge is 2.05. The van der Waals surface area contributed by atoms with Crippen LogP contribution in [0.25, 0.3) is 5.69 Å². The van der Waals surface area contributed by atoms with Crippen molar-refractivity contribution in [2.45, 2.75) is 6.92 Å². The number of nitrogens with two attached hydrogens (primary N) is 1. The van der Waals surface area contributed by atoms with Crippen molar-refractivity contribution in [2.75, 3.05) is 0 Å². The highest BCUT2D eigenvalue weighted by atomic mass is 79.9. The van der Waals surface area contributed by atoms with Gasteiger partial charge in [0.2, 0.25) is 0 Å². The Morgan fingerprint density at radius 2 is 2.19 bits per heavy atom. The zero-order valence-corrected chi connectivity index (χ0v) is 10.3. The Balaban J connectivity index is 2.45. The molecule has 82 valence electrons. The summed E-state index contributed by atoms with van der Waals surface area (Å²) in [6.45, 7) is 1.94. The molecule has 3 N–H and O–H groups in total. The summed E-state index contributed by atoms with van der Waals surface area (Å²) in [4.78, 5) is 0. The summed E-state index contributed by atoms with van der Waals surface area (Å²) in [5.41, 5.74) is 8.03. The predicted octanol–water partition coefficient (Wildman–Crippen LogP) is 2.23. The Morgan fingerprint density at radius 3 is 2.69 bits per heavy atom. The van der Waals surface area contributed by atoms with Crippen molar-refractivity contribution in [3.05, 3.63) is 46.2 Å². The average Bonchev–Trinajstić information content (AvgIpc) is 2.64. The molecule has 0 atom stereocenters. The smallest absolute Gasteiger partial charge is 0.123 e. The molecule has 0 unspecified atom stereocenters. The van der Waals surface area contributed by atoms with Crippen molar-refractivity contribution < 1.29 is 0 Å². The first-order valence-corrected chi connectivity index (χ1v) is 5.54. The molecular formula is C11H11BrN4. The predicted molar refractivity (Wildman–Crippen MR) is 67.0 cm³/mol. The van der Waals surface area contributed by atoms with Crippen LogP contribution in [0.1, 0.15) is 11.3 Å². The van der Waals surface area contributed by atoms with Gasteiger partial charge in [0.25, 0.3) is 0 Å². The van der Waals surface area contributed by atoms with Gasteiger partial charge in [0.15, 0.2) is 0 Å². The van der Waals surface area contributed by atoms with Crippen LogP contribution in [0.2, 0.25) is 0 Å². The van der Waals surface area contributed by atoms with Crippen LogP contribution in [0.5, 0.6) is 0 Å². The zero-order chi connectivity index (χ0) is 11.7. The van der Waals surface area contributed by atoms with Crippen LogP contribution in [-0.4, -0.2) is 15.6 Å². The normalized spacial score (nSPS) is 10.4. The quantitative estimate of drug-likeness (QED) is 0.653. The molecule has 2 aromatic rings. The molecule has 0 radical (unpaired) electrons.